The molecule has 2 rings (SSSR count). The first-order valence-electron chi connectivity index (χ1n) is 6.68. The SMILES string of the molecule is Nc1cc(F)ccc1CN1CCC(OCCO)CC1. The number of nitrogens with two attached hydrogens (primary N) is 1. The number of nitrogen functional groups attached to an aromatic ring is 1. The van der Waals surface area contributed by atoms with Gasteiger partial charge < -0.3 is 15.6 Å². The largest absolute Gasteiger partial charge is 0.398 e. The van der Waals surface area contributed by atoms with Crippen molar-refractivity contribution in [1.82, 2.24) is 4.90 Å². The zero-order valence-electron chi connectivity index (χ0n) is 11.0. The first-order chi connectivity index (χ1) is 9.19. The Morgan fingerprint density at radius 1 is 1.37 bits per heavy atom. The molecule has 1 saturated heterocycles. The third kappa shape index (κ3) is 4.16. The Morgan fingerprint density at radius 2 is 2.11 bits per heavy atom. The van der Waals surface area contributed by atoms with E-state index >= 15 is 0 Å². The third-order valence-electron chi connectivity index (χ3n) is 3.48. The lowest BCUT2D eigenvalue weighted by molar-refractivity contribution is -0.00898. The molecular formula is C14H21FN2O2. The summed E-state index contributed by atoms with van der Waals surface area (Å²) in [6.07, 6.45) is 2.16. The molecule has 0 amide bonds. The second-order valence-corrected chi connectivity index (χ2v) is 4.91. The van der Waals surface area contributed by atoms with Crippen molar-refractivity contribution in [3.05, 3.63) is 29.6 Å². The molecule has 1 aliphatic rings. The number of hydrogen-bond acceptors (Lipinski definition) is 4. The van der Waals surface area contributed by atoms with Gasteiger partial charge in [0.2, 0.25) is 0 Å². The van der Waals surface area contributed by atoms with Crippen molar-refractivity contribution >= 4 is 5.69 Å². The minimum atomic E-state index is -0.294. The number of aliphatic hydroxyl groups excluding tert-OH is 1. The average molecular weight is 268 g/mol. The second kappa shape index (κ2) is 6.84. The Balaban J connectivity index is 1.82. The van der Waals surface area contributed by atoms with Gasteiger partial charge in [-0.2, -0.15) is 0 Å². The highest BCUT2D eigenvalue weighted by molar-refractivity contribution is 5.46. The molecule has 0 spiro atoms. The predicted molar refractivity (Wildman–Crippen MR) is 72.1 cm³/mol. The molecule has 1 aromatic carbocycles. The minimum Gasteiger partial charge on any atom is -0.398 e. The van der Waals surface area contributed by atoms with Gasteiger partial charge in [0.05, 0.1) is 19.3 Å². The number of nitrogens with zero attached hydrogens (tertiary/aromatic N) is 1. The van der Waals surface area contributed by atoms with Crippen LogP contribution in [0.25, 0.3) is 0 Å². The third-order valence-corrected chi connectivity index (χ3v) is 3.48. The van der Waals surface area contributed by atoms with Crippen molar-refractivity contribution in [2.45, 2.75) is 25.5 Å². The van der Waals surface area contributed by atoms with Crippen LogP contribution in [-0.4, -0.2) is 42.4 Å². The number of likely N-dealkylation sites (tertiary alicyclic amines) is 1. The van der Waals surface area contributed by atoms with E-state index in [1.54, 1.807) is 6.07 Å². The highest BCUT2D eigenvalue weighted by Crippen LogP contribution is 2.19. The number of rotatable bonds is 5. The lowest BCUT2D eigenvalue weighted by Gasteiger charge is -2.32. The summed E-state index contributed by atoms with van der Waals surface area (Å²) in [5.41, 5.74) is 7.29. The molecule has 0 radical (unpaired) electrons. The molecule has 1 fully saturated rings. The molecule has 3 N–H and O–H groups in total. The van der Waals surface area contributed by atoms with E-state index in [0.717, 1.165) is 38.0 Å². The van der Waals surface area contributed by atoms with Gasteiger partial charge in [0.1, 0.15) is 5.82 Å². The standard InChI is InChI=1S/C14H21FN2O2/c15-12-2-1-11(14(16)9-12)10-17-5-3-13(4-6-17)19-8-7-18/h1-2,9,13,18H,3-8,10,16H2. The summed E-state index contributed by atoms with van der Waals surface area (Å²) >= 11 is 0. The smallest absolute Gasteiger partial charge is 0.125 e. The van der Waals surface area contributed by atoms with Crippen LogP contribution in [0.3, 0.4) is 0 Å². The van der Waals surface area contributed by atoms with Crippen LogP contribution in [0.5, 0.6) is 0 Å². The lowest BCUT2D eigenvalue weighted by Crippen LogP contribution is -2.37. The van der Waals surface area contributed by atoms with E-state index in [4.69, 9.17) is 15.6 Å². The summed E-state index contributed by atoms with van der Waals surface area (Å²) in [4.78, 5) is 2.29. The summed E-state index contributed by atoms with van der Waals surface area (Å²) in [6.45, 7) is 3.11. The zero-order valence-corrected chi connectivity index (χ0v) is 11.0. The van der Waals surface area contributed by atoms with Crippen LogP contribution >= 0.6 is 0 Å². The predicted octanol–water partition coefficient (Wildman–Crippen LogP) is 1.38. The molecular weight excluding hydrogens is 247 g/mol. The van der Waals surface area contributed by atoms with Crippen molar-refractivity contribution in [2.75, 3.05) is 32.0 Å². The highest BCUT2D eigenvalue weighted by atomic mass is 19.1. The fourth-order valence-corrected chi connectivity index (χ4v) is 2.40. The van der Waals surface area contributed by atoms with Crippen LogP contribution in [0.4, 0.5) is 10.1 Å². The van der Waals surface area contributed by atoms with E-state index in [-0.39, 0.29) is 18.5 Å². The number of ether oxygens (including phenoxy) is 1. The normalized spacial score (nSPS) is 17.8. The van der Waals surface area contributed by atoms with Crippen LogP contribution in [0.15, 0.2) is 18.2 Å². The molecule has 0 aromatic heterocycles. The van der Waals surface area contributed by atoms with E-state index in [1.807, 2.05) is 0 Å². The van der Waals surface area contributed by atoms with Gasteiger partial charge >= 0.3 is 0 Å². The van der Waals surface area contributed by atoms with Gasteiger partial charge in [-0.3, -0.25) is 4.90 Å². The summed E-state index contributed by atoms with van der Waals surface area (Å²) in [6, 6.07) is 4.56. The Bertz CT molecular complexity index is 406. The maximum Gasteiger partial charge on any atom is 0.125 e. The van der Waals surface area contributed by atoms with E-state index in [2.05, 4.69) is 4.90 Å². The summed E-state index contributed by atoms with van der Waals surface area (Å²) < 4.78 is 18.5. The summed E-state index contributed by atoms with van der Waals surface area (Å²) in [5.74, 6) is -0.294. The van der Waals surface area contributed by atoms with Crippen molar-refractivity contribution in [3.8, 4) is 0 Å². The topological polar surface area (TPSA) is 58.7 Å². The van der Waals surface area contributed by atoms with E-state index in [1.165, 1.54) is 12.1 Å². The molecule has 0 bridgehead atoms. The second-order valence-electron chi connectivity index (χ2n) is 4.91. The Labute approximate surface area is 113 Å². The molecule has 0 atom stereocenters. The molecule has 0 aliphatic carbocycles. The quantitative estimate of drug-likeness (QED) is 0.792. The fourth-order valence-electron chi connectivity index (χ4n) is 2.40. The van der Waals surface area contributed by atoms with Gasteiger partial charge in [-0.25, -0.2) is 4.39 Å². The average Bonchev–Trinajstić information content (AvgIpc) is 2.41. The summed E-state index contributed by atoms with van der Waals surface area (Å²) in [5, 5.41) is 8.72. The van der Waals surface area contributed by atoms with Gasteiger partial charge in [0.25, 0.3) is 0 Å². The van der Waals surface area contributed by atoms with Gasteiger partial charge in [-0.1, -0.05) is 6.07 Å². The van der Waals surface area contributed by atoms with Gasteiger partial charge in [0, 0.05) is 25.3 Å². The molecule has 4 nitrogen and oxygen atoms in total. The molecule has 1 heterocycles. The van der Waals surface area contributed by atoms with Crippen LogP contribution in [0.2, 0.25) is 0 Å². The Kier molecular flexibility index (Phi) is 5.13. The number of aliphatic hydroxyl groups is 1. The maximum atomic E-state index is 13.0. The first-order valence-corrected chi connectivity index (χ1v) is 6.68. The van der Waals surface area contributed by atoms with Crippen LogP contribution in [-0.2, 0) is 11.3 Å². The molecule has 106 valence electrons. The van der Waals surface area contributed by atoms with E-state index < -0.39 is 0 Å². The van der Waals surface area contributed by atoms with Crippen LogP contribution in [0.1, 0.15) is 18.4 Å². The first kappa shape index (κ1) is 14.2. The monoisotopic (exact) mass is 268 g/mol. The van der Waals surface area contributed by atoms with Crippen molar-refractivity contribution in [3.63, 3.8) is 0 Å². The molecule has 0 saturated carbocycles. The lowest BCUT2D eigenvalue weighted by atomic mass is 10.1. The van der Waals surface area contributed by atoms with E-state index in [0.29, 0.717) is 12.3 Å². The number of anilines is 1. The number of benzene rings is 1. The fraction of sp³-hybridized carbons (Fsp3) is 0.571. The Morgan fingerprint density at radius 3 is 2.74 bits per heavy atom. The minimum absolute atomic E-state index is 0.0757. The molecule has 1 aromatic rings. The summed E-state index contributed by atoms with van der Waals surface area (Å²) in [7, 11) is 0. The van der Waals surface area contributed by atoms with E-state index in [9.17, 15) is 4.39 Å². The number of halogens is 1. The zero-order chi connectivity index (χ0) is 13.7. The number of hydrogen-bond donors (Lipinski definition) is 2. The Hall–Kier alpha value is -1.17. The molecule has 19 heavy (non-hydrogen) atoms. The molecule has 1 aliphatic heterocycles. The van der Waals surface area contributed by atoms with Crippen molar-refractivity contribution in [2.24, 2.45) is 0 Å². The van der Waals surface area contributed by atoms with Gasteiger partial charge in [-0.05, 0) is 30.5 Å². The van der Waals surface area contributed by atoms with Crippen molar-refractivity contribution in [1.29, 1.82) is 0 Å². The number of piperidine rings is 1. The van der Waals surface area contributed by atoms with Crippen LogP contribution < -0.4 is 5.73 Å². The molecule has 0 unspecified atom stereocenters. The maximum absolute atomic E-state index is 13.0. The highest BCUT2D eigenvalue weighted by Gasteiger charge is 2.20. The van der Waals surface area contributed by atoms with Gasteiger partial charge in [-0.15, -0.1) is 0 Å². The van der Waals surface area contributed by atoms with Gasteiger partial charge in [0.15, 0.2) is 0 Å². The van der Waals surface area contributed by atoms with Crippen LogP contribution in [0, 0.1) is 5.82 Å². The van der Waals surface area contributed by atoms with Crippen molar-refractivity contribution < 1.29 is 14.2 Å². The molecule has 5 heteroatoms.